The van der Waals surface area contributed by atoms with E-state index in [0.717, 1.165) is 12.1 Å². The number of nitriles is 1. The lowest BCUT2D eigenvalue weighted by Crippen LogP contribution is -2.11. The predicted molar refractivity (Wildman–Crippen MR) is 241 cm³/mol. The second-order valence-corrected chi connectivity index (χ2v) is 16.8. The Labute approximate surface area is 395 Å². The molecule has 0 atom stereocenters. The maximum atomic E-state index is 15.5. The van der Waals surface area contributed by atoms with Gasteiger partial charge >= 0.3 is 30.9 Å². The molecule has 0 fully saturated rings. The Morgan fingerprint density at radius 1 is 0.306 bits per heavy atom. The van der Waals surface area contributed by atoms with E-state index >= 15 is 13.2 Å². The molecule has 0 aliphatic rings. The average molecular weight is 1000 g/mol. The Balaban J connectivity index is 1.29. The fourth-order valence-corrected chi connectivity index (χ4v) is 9.24. The molecular weight excluding hydrogens is 976 g/mol. The molecule has 0 spiro atoms. The zero-order valence-corrected chi connectivity index (χ0v) is 36.0. The van der Waals surface area contributed by atoms with Crippen molar-refractivity contribution in [3.63, 3.8) is 0 Å². The number of para-hydroxylation sites is 2. The molecule has 72 heavy (non-hydrogen) atoms. The van der Waals surface area contributed by atoms with Crippen molar-refractivity contribution in [2.75, 3.05) is 0 Å². The smallest absolute Gasteiger partial charge is 0.309 e. The van der Waals surface area contributed by atoms with E-state index < -0.39 is 69.8 Å². The first-order chi connectivity index (χ1) is 33.8. The summed E-state index contributed by atoms with van der Waals surface area (Å²) in [5.41, 5.74) is -7.67. The number of hydrogen-bond acceptors (Lipinski definition) is 1. The topological polar surface area (TPSA) is 33.6 Å². The first-order valence-electron chi connectivity index (χ1n) is 21.2. The summed E-state index contributed by atoms with van der Waals surface area (Å²) in [7, 11) is 0. The first kappa shape index (κ1) is 47.5. The number of rotatable bonds is 5. The molecule has 0 bridgehead atoms. The van der Waals surface area contributed by atoms with E-state index in [1.54, 1.807) is 48.5 Å². The molecule has 0 N–H and O–H groups in total. The van der Waals surface area contributed by atoms with Gasteiger partial charge in [0.2, 0.25) is 0 Å². The van der Waals surface area contributed by atoms with Crippen molar-refractivity contribution in [2.45, 2.75) is 30.9 Å². The lowest BCUT2D eigenvalue weighted by Gasteiger charge is -2.23. The number of aromatic nitrogens is 2. The minimum atomic E-state index is -5.17. The van der Waals surface area contributed by atoms with Gasteiger partial charge in [0.05, 0.1) is 72.9 Å². The number of hydrogen-bond donors (Lipinski definition) is 0. The molecule has 0 unspecified atom stereocenters. The molecule has 2 aromatic heterocycles. The molecule has 0 saturated heterocycles. The predicted octanol–water partition coefficient (Wildman–Crippen LogP) is 17.8. The van der Waals surface area contributed by atoms with Crippen LogP contribution < -0.4 is 0 Å². The highest BCUT2D eigenvalue weighted by Gasteiger charge is 2.39. The minimum Gasteiger partial charge on any atom is -0.309 e. The number of benzene rings is 8. The van der Waals surface area contributed by atoms with Gasteiger partial charge in [-0.05, 0) is 125 Å². The largest absolute Gasteiger partial charge is 0.416 e. The van der Waals surface area contributed by atoms with Crippen molar-refractivity contribution in [3.05, 3.63) is 191 Å². The molecule has 8 aromatic carbocycles. The second-order valence-electron chi connectivity index (χ2n) is 16.8. The summed E-state index contributed by atoms with van der Waals surface area (Å²) in [6.07, 6.45) is -25.7. The van der Waals surface area contributed by atoms with E-state index in [4.69, 9.17) is 0 Å². The van der Waals surface area contributed by atoms with Gasteiger partial charge < -0.3 is 9.13 Å². The molecule has 0 aliphatic carbocycles. The molecule has 10 rings (SSSR count). The maximum absolute atomic E-state index is 15.5. The van der Waals surface area contributed by atoms with E-state index in [2.05, 4.69) is 0 Å². The Bertz CT molecular complexity index is 3600. The van der Waals surface area contributed by atoms with Crippen LogP contribution in [0.3, 0.4) is 0 Å². The summed E-state index contributed by atoms with van der Waals surface area (Å²) in [6.45, 7) is 0. The van der Waals surface area contributed by atoms with Gasteiger partial charge in [-0.2, -0.15) is 71.1 Å². The number of fused-ring (bicyclic) bond motifs is 6. The van der Waals surface area contributed by atoms with E-state index in [0.29, 0.717) is 35.0 Å². The van der Waals surface area contributed by atoms with Crippen molar-refractivity contribution >= 4 is 43.6 Å². The summed E-state index contributed by atoms with van der Waals surface area (Å²) < 4.78 is 217. The number of alkyl halides is 15. The zero-order chi connectivity index (χ0) is 51.4. The van der Waals surface area contributed by atoms with Crippen molar-refractivity contribution < 1.29 is 65.9 Å². The second kappa shape index (κ2) is 16.4. The SMILES string of the molecule is N#Cc1cccc(-c2c(-n3c4ccccc4c4cc(-c5cc(C(F)(F)F)cc(C(F)(F)F)c5)ccc43)cc(C(F)(F)F)cc2-n2c3ccccc3c3cc(-c4cc(C(F)(F)F)cc(C(F)(F)F)c4)ccc32)c1. The van der Waals surface area contributed by atoms with Crippen molar-refractivity contribution in [3.8, 4) is 50.8 Å². The quantitative estimate of drug-likeness (QED) is 0.158. The van der Waals surface area contributed by atoms with Gasteiger partial charge in [-0.3, -0.25) is 0 Å². The molecule has 0 radical (unpaired) electrons. The molecular formula is C54H26F15N3. The van der Waals surface area contributed by atoms with Crippen LogP contribution in [0.1, 0.15) is 33.4 Å². The maximum Gasteiger partial charge on any atom is 0.416 e. The standard InChI is InChI=1S/C54H26F15N3/c55-50(56,57)34-17-32(18-35(23-34)51(58,59)60)29-12-14-45-41(21-29)39-8-1-3-10-43(39)71(45)47-25-38(54(67,68)69)26-48(49(47)31-7-5-6-28(16-31)27-70)72-44-11-4-2-9-40(44)42-22-30(13-15-46(42)72)33-19-36(52(61,62)63)24-37(20-33)53(64,65)66/h1-26H. The van der Waals surface area contributed by atoms with Crippen LogP contribution in [0.2, 0.25) is 0 Å². The third-order valence-electron chi connectivity index (χ3n) is 12.4. The normalized spacial score (nSPS) is 12.9. The monoisotopic (exact) mass is 1000 g/mol. The molecule has 0 aliphatic heterocycles. The zero-order valence-electron chi connectivity index (χ0n) is 36.0. The minimum absolute atomic E-state index is 0.0124. The summed E-state index contributed by atoms with van der Waals surface area (Å²) in [6, 6.07) is 32.2. The van der Waals surface area contributed by atoms with Crippen LogP contribution in [0.15, 0.2) is 158 Å². The molecule has 0 amide bonds. The van der Waals surface area contributed by atoms with Gasteiger partial charge in [-0.25, -0.2) is 0 Å². The average Bonchev–Trinajstić information content (AvgIpc) is 3.84. The summed E-state index contributed by atoms with van der Waals surface area (Å²) in [4.78, 5) is 0. The molecule has 3 nitrogen and oxygen atoms in total. The van der Waals surface area contributed by atoms with Gasteiger partial charge in [-0.15, -0.1) is 0 Å². The van der Waals surface area contributed by atoms with Crippen molar-refractivity contribution in [1.29, 1.82) is 5.26 Å². The van der Waals surface area contributed by atoms with Crippen LogP contribution in [0.5, 0.6) is 0 Å². The van der Waals surface area contributed by atoms with E-state index in [9.17, 15) is 57.9 Å². The van der Waals surface area contributed by atoms with Crippen molar-refractivity contribution in [2.24, 2.45) is 0 Å². The van der Waals surface area contributed by atoms with Crippen LogP contribution in [0.4, 0.5) is 65.9 Å². The molecule has 0 saturated carbocycles. The van der Waals surface area contributed by atoms with Gasteiger partial charge in [0.25, 0.3) is 0 Å². The Hall–Kier alpha value is -8.20. The summed E-state index contributed by atoms with van der Waals surface area (Å²) >= 11 is 0. The van der Waals surface area contributed by atoms with E-state index in [1.165, 1.54) is 69.8 Å². The van der Waals surface area contributed by atoms with Crippen molar-refractivity contribution in [1.82, 2.24) is 9.13 Å². The Morgan fingerprint density at radius 2 is 0.667 bits per heavy atom. The highest BCUT2D eigenvalue weighted by atomic mass is 19.4. The van der Waals surface area contributed by atoms with Crippen LogP contribution in [0.25, 0.3) is 88.4 Å². The van der Waals surface area contributed by atoms with Crippen LogP contribution in [-0.4, -0.2) is 9.13 Å². The molecule has 10 aromatic rings. The fraction of sp³-hybridized carbons (Fsp3) is 0.0926. The van der Waals surface area contributed by atoms with Gasteiger partial charge in [0.1, 0.15) is 0 Å². The third kappa shape index (κ3) is 8.31. The Morgan fingerprint density at radius 3 is 1.04 bits per heavy atom. The number of nitrogens with zero attached hydrogens (tertiary/aromatic N) is 3. The van der Waals surface area contributed by atoms with E-state index in [-0.39, 0.29) is 84.2 Å². The highest BCUT2D eigenvalue weighted by Crippen LogP contribution is 2.48. The van der Waals surface area contributed by atoms with Gasteiger partial charge in [-0.1, -0.05) is 60.7 Å². The summed E-state index contributed by atoms with van der Waals surface area (Å²) in [5, 5.41) is 11.2. The first-order valence-corrected chi connectivity index (χ1v) is 21.2. The van der Waals surface area contributed by atoms with Crippen LogP contribution in [-0.2, 0) is 30.9 Å². The van der Waals surface area contributed by atoms with E-state index in [1.807, 2.05) is 6.07 Å². The molecule has 362 valence electrons. The highest BCUT2D eigenvalue weighted by molar-refractivity contribution is 6.13. The third-order valence-corrected chi connectivity index (χ3v) is 12.4. The molecule has 2 heterocycles. The van der Waals surface area contributed by atoms with Crippen LogP contribution in [0, 0.1) is 11.3 Å². The number of halogens is 15. The Kier molecular flexibility index (Phi) is 10.8. The fourth-order valence-electron chi connectivity index (χ4n) is 9.24. The van der Waals surface area contributed by atoms with Gasteiger partial charge in [0.15, 0.2) is 0 Å². The molecule has 18 heteroatoms. The van der Waals surface area contributed by atoms with Crippen LogP contribution >= 0.6 is 0 Å². The van der Waals surface area contributed by atoms with Gasteiger partial charge in [0, 0.05) is 27.1 Å². The lowest BCUT2D eigenvalue weighted by molar-refractivity contribution is -0.144. The summed E-state index contributed by atoms with van der Waals surface area (Å²) in [5.74, 6) is 0. The lowest BCUT2D eigenvalue weighted by atomic mass is 9.96.